The molecule has 2 bridgehead atoms. The van der Waals surface area contributed by atoms with Crippen molar-refractivity contribution in [1.82, 2.24) is 9.80 Å². The van der Waals surface area contributed by atoms with Crippen molar-refractivity contribution in [3.63, 3.8) is 0 Å². The van der Waals surface area contributed by atoms with Crippen LogP contribution in [-0.4, -0.2) is 93.9 Å². The van der Waals surface area contributed by atoms with Crippen LogP contribution in [0.5, 0.6) is 5.75 Å². The molecule has 1 spiro atoms. The molecule has 3 amide bonds. The first-order valence-corrected chi connectivity index (χ1v) is 14.2. The molecule has 3 aliphatic rings. The summed E-state index contributed by atoms with van der Waals surface area (Å²) < 4.78 is 4.53. The van der Waals surface area contributed by atoms with E-state index in [4.69, 9.17) is 4.74 Å². The number of fused-ring (bicyclic) bond motifs is 1. The molecule has 1 aromatic carbocycles. The van der Waals surface area contributed by atoms with Crippen LogP contribution in [0.25, 0.3) is 0 Å². The number of ether oxygens (including phenoxy) is 1. The Kier molecular flexibility index (Phi) is 8.40. The second kappa shape index (κ2) is 11.2. The molecule has 0 aliphatic carbocycles. The molecule has 3 saturated heterocycles. The Bertz CT molecular complexity index is 1070. The lowest BCUT2D eigenvalue weighted by atomic mass is 9.70. The van der Waals surface area contributed by atoms with Crippen molar-refractivity contribution in [1.29, 1.82) is 0 Å². The number of thioether (sulfide) groups is 1. The normalized spacial score (nSPS) is 29.7. The van der Waals surface area contributed by atoms with Gasteiger partial charge in [-0.3, -0.25) is 14.4 Å². The number of methoxy groups -OCH3 is 1. The largest absolute Gasteiger partial charge is 0.497 e. The highest BCUT2D eigenvalue weighted by atomic mass is 79.9. The highest BCUT2D eigenvalue weighted by Gasteiger charge is 2.75. The van der Waals surface area contributed by atoms with Crippen LogP contribution in [0, 0.1) is 11.8 Å². The number of carbonyl (C=O) groups is 3. The molecule has 3 unspecified atom stereocenters. The van der Waals surface area contributed by atoms with E-state index in [-0.39, 0.29) is 47.5 Å². The van der Waals surface area contributed by atoms with Gasteiger partial charge in [-0.05, 0) is 37.1 Å². The molecule has 3 fully saturated rings. The first-order valence-electron chi connectivity index (χ1n) is 12.4. The molecular formula is C27H34BrN3O5S. The van der Waals surface area contributed by atoms with E-state index in [2.05, 4.69) is 29.1 Å². The predicted octanol–water partition coefficient (Wildman–Crippen LogP) is 2.71. The Morgan fingerprint density at radius 3 is 2.51 bits per heavy atom. The summed E-state index contributed by atoms with van der Waals surface area (Å²) in [5.74, 6) is -0.964. The van der Waals surface area contributed by atoms with E-state index in [1.165, 1.54) is 0 Å². The molecule has 0 radical (unpaired) electrons. The first-order chi connectivity index (χ1) is 17.7. The first kappa shape index (κ1) is 27.7. The van der Waals surface area contributed by atoms with Crippen molar-refractivity contribution in [2.24, 2.45) is 11.8 Å². The lowest BCUT2D eigenvalue weighted by Crippen LogP contribution is -2.56. The Hall–Kier alpha value is -2.30. The minimum absolute atomic E-state index is 0.00503. The zero-order valence-corrected chi connectivity index (χ0v) is 23.6. The number of amides is 3. The Balaban J connectivity index is 1.77. The van der Waals surface area contributed by atoms with Crippen molar-refractivity contribution in [2.45, 2.75) is 33.7 Å². The minimum atomic E-state index is -0.767. The number of hydrogen-bond acceptors (Lipinski definition) is 6. The summed E-state index contributed by atoms with van der Waals surface area (Å²) in [6.07, 6.45) is 4.28. The summed E-state index contributed by atoms with van der Waals surface area (Å²) in [6, 6.07) is 6.44. The number of likely N-dealkylation sites (N-methyl/N-ethyl adjacent to an activating group) is 1. The zero-order chi connectivity index (χ0) is 26.9. The number of benzene rings is 1. The predicted molar refractivity (Wildman–Crippen MR) is 149 cm³/mol. The summed E-state index contributed by atoms with van der Waals surface area (Å²) in [5.41, 5.74) is 0.673. The number of carbonyl (C=O) groups excluding carboxylic acids is 3. The summed E-state index contributed by atoms with van der Waals surface area (Å²) in [7, 11) is 3.30. The van der Waals surface area contributed by atoms with Crippen LogP contribution in [0.4, 0.5) is 5.69 Å². The fourth-order valence-electron chi connectivity index (χ4n) is 6.07. The molecule has 10 heteroatoms. The summed E-state index contributed by atoms with van der Waals surface area (Å²) in [6.45, 7) is 8.38. The molecule has 3 aliphatic heterocycles. The number of rotatable bonds is 11. The van der Waals surface area contributed by atoms with Crippen molar-refractivity contribution in [3.05, 3.63) is 49.6 Å². The number of likely N-dealkylation sites (tertiary alicyclic amines) is 1. The lowest BCUT2D eigenvalue weighted by Gasteiger charge is -2.38. The van der Waals surface area contributed by atoms with Gasteiger partial charge in [0.2, 0.25) is 11.8 Å². The summed E-state index contributed by atoms with van der Waals surface area (Å²) in [5, 5.41) is 9.45. The third-order valence-electron chi connectivity index (χ3n) is 7.61. The van der Waals surface area contributed by atoms with Crippen molar-refractivity contribution < 1.29 is 24.2 Å². The van der Waals surface area contributed by atoms with Gasteiger partial charge in [0.25, 0.3) is 5.91 Å². The van der Waals surface area contributed by atoms with Crippen LogP contribution < -0.4 is 9.64 Å². The van der Waals surface area contributed by atoms with Gasteiger partial charge in [-0.1, -0.05) is 28.1 Å². The van der Waals surface area contributed by atoms with Gasteiger partial charge >= 0.3 is 0 Å². The molecule has 1 N–H and O–H groups in total. The van der Waals surface area contributed by atoms with Crippen LogP contribution in [0.1, 0.15) is 12.8 Å². The fraction of sp³-hybridized carbons (Fsp3) is 0.519. The fourth-order valence-corrected chi connectivity index (χ4v) is 9.67. The van der Waals surface area contributed by atoms with Crippen LogP contribution >= 0.6 is 27.7 Å². The van der Waals surface area contributed by atoms with Gasteiger partial charge in [-0.15, -0.1) is 24.9 Å². The van der Waals surface area contributed by atoms with Crippen LogP contribution in [0.15, 0.2) is 49.6 Å². The smallest absolute Gasteiger partial charge is 0.251 e. The molecule has 6 atom stereocenters. The zero-order valence-electron chi connectivity index (χ0n) is 21.2. The number of anilines is 1. The number of aliphatic hydroxyl groups is 1. The van der Waals surface area contributed by atoms with E-state index in [0.29, 0.717) is 30.8 Å². The van der Waals surface area contributed by atoms with Gasteiger partial charge in [0.15, 0.2) is 0 Å². The number of alkyl halides is 1. The topological polar surface area (TPSA) is 90.4 Å². The maximum absolute atomic E-state index is 14.4. The highest BCUT2D eigenvalue weighted by molar-refractivity contribution is 9.09. The number of hydrogen-bond donors (Lipinski definition) is 1. The van der Waals surface area contributed by atoms with Gasteiger partial charge in [0, 0.05) is 49.1 Å². The Morgan fingerprint density at radius 2 is 1.92 bits per heavy atom. The van der Waals surface area contributed by atoms with Crippen LogP contribution in [0.2, 0.25) is 0 Å². The average Bonchev–Trinajstić information content (AvgIpc) is 3.48. The van der Waals surface area contributed by atoms with Crippen molar-refractivity contribution in [3.8, 4) is 5.75 Å². The molecule has 0 saturated carbocycles. The summed E-state index contributed by atoms with van der Waals surface area (Å²) >= 11 is 5.39. The van der Waals surface area contributed by atoms with Crippen molar-refractivity contribution >= 4 is 51.1 Å². The van der Waals surface area contributed by atoms with Gasteiger partial charge in [0.1, 0.15) is 11.8 Å². The Labute approximate surface area is 230 Å². The molecule has 37 heavy (non-hydrogen) atoms. The molecule has 1 aromatic rings. The summed E-state index contributed by atoms with van der Waals surface area (Å²) in [4.78, 5) is 46.9. The molecular weight excluding hydrogens is 558 g/mol. The van der Waals surface area contributed by atoms with E-state index in [1.807, 2.05) is 12.1 Å². The van der Waals surface area contributed by atoms with E-state index < -0.39 is 22.6 Å². The number of aliphatic hydroxyl groups excluding tert-OH is 1. The maximum Gasteiger partial charge on any atom is 0.251 e. The number of nitrogens with zero attached hydrogens (tertiary/aromatic N) is 3. The van der Waals surface area contributed by atoms with Gasteiger partial charge < -0.3 is 24.5 Å². The van der Waals surface area contributed by atoms with Crippen molar-refractivity contribution in [2.75, 3.05) is 45.3 Å². The van der Waals surface area contributed by atoms with E-state index in [0.717, 1.165) is 0 Å². The average molecular weight is 593 g/mol. The second-order valence-electron chi connectivity index (χ2n) is 9.72. The monoisotopic (exact) mass is 591 g/mol. The third-order valence-corrected chi connectivity index (χ3v) is 10.8. The van der Waals surface area contributed by atoms with E-state index in [1.54, 1.807) is 64.9 Å². The maximum atomic E-state index is 14.4. The van der Waals surface area contributed by atoms with Crippen LogP contribution in [0.3, 0.4) is 0 Å². The SMILES string of the molecule is C=CCN(C)C(=O)[C@H]1[C@H]2C(=O)N(CCCO)C(C(=O)N(CC=C)c3ccc(OC)cc3)C23CC(Br)[C@@H]1S3. The van der Waals surface area contributed by atoms with Crippen LogP contribution in [-0.2, 0) is 14.4 Å². The minimum Gasteiger partial charge on any atom is -0.497 e. The van der Waals surface area contributed by atoms with Gasteiger partial charge in [0.05, 0.1) is 23.7 Å². The van der Waals surface area contributed by atoms with E-state index >= 15 is 0 Å². The number of halogens is 1. The highest BCUT2D eigenvalue weighted by Crippen LogP contribution is 2.68. The quantitative estimate of drug-likeness (QED) is 0.314. The third kappa shape index (κ3) is 4.61. The second-order valence-corrected chi connectivity index (χ2v) is 12.4. The lowest BCUT2D eigenvalue weighted by molar-refractivity contribution is -0.143. The standard InChI is InChI=1S/C27H34BrN3O5S/c1-5-12-29(3)24(33)20-21-25(34)31(14-7-15-32)23(27(21)16-19(28)22(20)37-27)26(35)30(13-6-2)17-8-10-18(36-4)11-9-17/h5-6,8-11,19-23,32H,1-2,7,12-16H2,3-4H3/t19?,20-,21-,22-,23?,27?/m0/s1. The molecule has 8 nitrogen and oxygen atoms in total. The molecule has 0 aromatic heterocycles. The molecule has 3 heterocycles. The van der Waals surface area contributed by atoms with Gasteiger partial charge in [-0.2, -0.15) is 0 Å². The van der Waals surface area contributed by atoms with Gasteiger partial charge in [-0.25, -0.2) is 0 Å². The molecule has 4 rings (SSSR count). The Morgan fingerprint density at radius 1 is 1.24 bits per heavy atom. The van der Waals surface area contributed by atoms with E-state index in [9.17, 15) is 19.5 Å². The molecule has 200 valence electrons.